The maximum absolute atomic E-state index is 12.3. The maximum atomic E-state index is 12.3. The van der Waals surface area contributed by atoms with Crippen molar-refractivity contribution >= 4 is 19.0 Å². The Morgan fingerprint density at radius 1 is 1.19 bits per heavy atom. The van der Waals surface area contributed by atoms with Crippen molar-refractivity contribution in [3.05, 3.63) is 59.7 Å². The predicted octanol–water partition coefficient (Wildman–Crippen LogP) is 2.84. The van der Waals surface area contributed by atoms with Crippen LogP contribution in [0.2, 0.25) is 6.82 Å². The second kappa shape index (κ2) is 8.17. The minimum Gasteiger partial charge on any atom is -0.497 e. The van der Waals surface area contributed by atoms with E-state index in [2.05, 4.69) is 48.4 Å². The summed E-state index contributed by atoms with van der Waals surface area (Å²) in [6.45, 7) is 3.45. The SMILES string of the molecule is CBCN(C)c1ccc(C2CN(Cc3ccc(OC)cc3)C(=O)N2)cc1. The molecule has 1 aliphatic rings. The fraction of sp³-hybridized carbons (Fsp3) is 0.350. The van der Waals surface area contributed by atoms with Crippen molar-refractivity contribution in [2.45, 2.75) is 19.4 Å². The van der Waals surface area contributed by atoms with E-state index in [4.69, 9.17) is 4.74 Å². The normalized spacial score (nSPS) is 16.3. The molecule has 0 bridgehead atoms. The van der Waals surface area contributed by atoms with Gasteiger partial charge in [-0.3, -0.25) is 0 Å². The van der Waals surface area contributed by atoms with Gasteiger partial charge in [0.2, 0.25) is 0 Å². The average molecular weight is 351 g/mol. The molecule has 136 valence electrons. The summed E-state index contributed by atoms with van der Waals surface area (Å²) in [6, 6.07) is 16.3. The number of nitrogens with one attached hydrogen (secondary N) is 1. The van der Waals surface area contributed by atoms with Crippen LogP contribution in [0.15, 0.2) is 48.5 Å². The Morgan fingerprint density at radius 3 is 2.50 bits per heavy atom. The number of ether oxygens (including phenoxy) is 1. The van der Waals surface area contributed by atoms with Gasteiger partial charge in [-0.2, -0.15) is 0 Å². The molecular formula is C20H26BN3O2. The first-order valence-corrected chi connectivity index (χ1v) is 9.10. The molecule has 1 fully saturated rings. The minimum atomic E-state index is -0.0157. The fourth-order valence-electron chi connectivity index (χ4n) is 3.29. The summed E-state index contributed by atoms with van der Waals surface area (Å²) in [5.74, 6) is 0.825. The average Bonchev–Trinajstić information content (AvgIpc) is 3.03. The van der Waals surface area contributed by atoms with Gasteiger partial charge in [0.05, 0.1) is 13.2 Å². The monoisotopic (exact) mass is 351 g/mol. The molecule has 2 amide bonds. The first-order chi connectivity index (χ1) is 12.6. The molecule has 2 aromatic carbocycles. The van der Waals surface area contributed by atoms with Gasteiger partial charge in [-0.05, 0) is 41.8 Å². The molecule has 1 saturated heterocycles. The molecule has 1 unspecified atom stereocenters. The molecule has 6 heteroatoms. The largest absolute Gasteiger partial charge is 0.497 e. The summed E-state index contributed by atoms with van der Waals surface area (Å²) >= 11 is 0. The molecule has 5 nitrogen and oxygen atoms in total. The van der Waals surface area contributed by atoms with E-state index in [1.54, 1.807) is 7.11 Å². The molecule has 1 N–H and O–H groups in total. The zero-order valence-corrected chi connectivity index (χ0v) is 15.7. The van der Waals surface area contributed by atoms with Gasteiger partial charge >= 0.3 is 6.03 Å². The lowest BCUT2D eigenvalue weighted by Crippen LogP contribution is -2.27. The molecule has 1 aliphatic heterocycles. The highest BCUT2D eigenvalue weighted by Crippen LogP contribution is 2.24. The number of hydrogen-bond donors (Lipinski definition) is 1. The number of carbonyl (C=O) groups is 1. The van der Waals surface area contributed by atoms with Crippen molar-refractivity contribution in [1.29, 1.82) is 0 Å². The fourth-order valence-corrected chi connectivity index (χ4v) is 3.29. The van der Waals surface area contributed by atoms with E-state index in [0.717, 1.165) is 30.6 Å². The maximum Gasteiger partial charge on any atom is 0.318 e. The van der Waals surface area contributed by atoms with E-state index < -0.39 is 0 Å². The van der Waals surface area contributed by atoms with Gasteiger partial charge in [0.15, 0.2) is 0 Å². The molecule has 0 spiro atoms. The van der Waals surface area contributed by atoms with E-state index >= 15 is 0 Å². The first kappa shape index (κ1) is 18.2. The molecular weight excluding hydrogens is 325 g/mol. The zero-order chi connectivity index (χ0) is 18.5. The summed E-state index contributed by atoms with van der Waals surface area (Å²) in [7, 11) is 4.88. The summed E-state index contributed by atoms with van der Waals surface area (Å²) < 4.78 is 5.18. The lowest BCUT2D eigenvalue weighted by molar-refractivity contribution is 0.215. The van der Waals surface area contributed by atoms with E-state index in [1.807, 2.05) is 29.2 Å². The molecule has 2 aromatic rings. The minimum absolute atomic E-state index is 0.0157. The third kappa shape index (κ3) is 4.13. The van der Waals surface area contributed by atoms with Gasteiger partial charge in [0.25, 0.3) is 0 Å². The Balaban J connectivity index is 1.63. The Bertz CT molecular complexity index is 734. The van der Waals surface area contributed by atoms with Crippen LogP contribution in [-0.2, 0) is 6.54 Å². The van der Waals surface area contributed by atoms with Crippen molar-refractivity contribution in [2.24, 2.45) is 0 Å². The van der Waals surface area contributed by atoms with Gasteiger partial charge in [0, 0.05) is 25.8 Å². The van der Waals surface area contributed by atoms with Crippen molar-refractivity contribution in [3.8, 4) is 5.75 Å². The number of rotatable bonds is 7. The van der Waals surface area contributed by atoms with Crippen LogP contribution in [0.25, 0.3) is 0 Å². The summed E-state index contributed by atoms with van der Waals surface area (Å²) in [4.78, 5) is 16.4. The number of nitrogens with zero attached hydrogens (tertiary/aromatic N) is 2. The highest BCUT2D eigenvalue weighted by molar-refractivity contribution is 6.34. The topological polar surface area (TPSA) is 44.8 Å². The summed E-state index contributed by atoms with van der Waals surface area (Å²) in [6.07, 6.45) is 1.04. The van der Waals surface area contributed by atoms with Gasteiger partial charge in [-0.1, -0.05) is 31.1 Å². The third-order valence-electron chi connectivity index (χ3n) is 4.82. The van der Waals surface area contributed by atoms with Crippen LogP contribution in [0.1, 0.15) is 17.2 Å². The predicted molar refractivity (Wildman–Crippen MR) is 107 cm³/mol. The van der Waals surface area contributed by atoms with Crippen molar-refractivity contribution in [2.75, 3.05) is 32.0 Å². The molecule has 26 heavy (non-hydrogen) atoms. The lowest BCUT2D eigenvalue weighted by atomic mass is 9.82. The molecule has 3 rings (SSSR count). The van der Waals surface area contributed by atoms with Gasteiger partial charge in [0.1, 0.15) is 13.0 Å². The lowest BCUT2D eigenvalue weighted by Gasteiger charge is -2.19. The smallest absolute Gasteiger partial charge is 0.318 e. The van der Waals surface area contributed by atoms with Crippen LogP contribution in [0.4, 0.5) is 10.5 Å². The van der Waals surface area contributed by atoms with Crippen LogP contribution in [0, 0.1) is 0 Å². The Labute approximate surface area is 156 Å². The standard InChI is InChI=1S/C20H26BN3O2/c1-21-14-23(2)17-8-6-16(7-9-17)19-13-24(20(25)22-19)12-15-4-10-18(26-3)11-5-15/h4-11,19,21H,12-14H2,1-3H3,(H,22,25). The number of amides is 2. The van der Waals surface area contributed by atoms with Crippen LogP contribution >= 0.6 is 0 Å². The van der Waals surface area contributed by atoms with Crippen LogP contribution < -0.4 is 15.0 Å². The van der Waals surface area contributed by atoms with Gasteiger partial charge in [-0.25, -0.2) is 4.79 Å². The van der Waals surface area contributed by atoms with E-state index in [0.29, 0.717) is 13.1 Å². The number of anilines is 1. The van der Waals surface area contributed by atoms with Crippen LogP contribution in [0.5, 0.6) is 5.75 Å². The number of methoxy groups -OCH3 is 1. The molecule has 0 radical (unpaired) electrons. The Kier molecular flexibility index (Phi) is 5.71. The first-order valence-electron chi connectivity index (χ1n) is 9.10. The van der Waals surface area contributed by atoms with Gasteiger partial charge in [-0.15, -0.1) is 0 Å². The summed E-state index contributed by atoms with van der Waals surface area (Å²) in [5, 5.41) is 3.09. The van der Waals surface area contributed by atoms with Gasteiger partial charge < -0.3 is 19.9 Å². The molecule has 1 heterocycles. The quantitative estimate of drug-likeness (QED) is 0.781. The highest BCUT2D eigenvalue weighted by Gasteiger charge is 2.29. The van der Waals surface area contributed by atoms with Crippen molar-refractivity contribution in [3.63, 3.8) is 0 Å². The number of hydrogen-bond acceptors (Lipinski definition) is 3. The number of carbonyl (C=O) groups excluding carboxylic acids is 1. The Morgan fingerprint density at radius 2 is 1.88 bits per heavy atom. The Hall–Kier alpha value is -2.63. The van der Waals surface area contributed by atoms with E-state index in [1.165, 1.54) is 5.69 Å². The summed E-state index contributed by atoms with van der Waals surface area (Å²) in [5.41, 5.74) is 3.44. The van der Waals surface area contributed by atoms with Crippen molar-refractivity contribution < 1.29 is 9.53 Å². The highest BCUT2D eigenvalue weighted by atomic mass is 16.5. The van der Waals surface area contributed by atoms with Crippen LogP contribution in [-0.4, -0.2) is 45.4 Å². The number of benzene rings is 2. The molecule has 1 atom stereocenters. The van der Waals surface area contributed by atoms with E-state index in [9.17, 15) is 4.79 Å². The van der Waals surface area contributed by atoms with Crippen molar-refractivity contribution in [1.82, 2.24) is 10.2 Å². The second-order valence-electron chi connectivity index (χ2n) is 6.74. The molecule has 0 aromatic heterocycles. The zero-order valence-electron chi connectivity index (χ0n) is 15.7. The third-order valence-corrected chi connectivity index (χ3v) is 4.82. The van der Waals surface area contributed by atoms with Crippen LogP contribution in [0.3, 0.4) is 0 Å². The van der Waals surface area contributed by atoms with E-state index in [-0.39, 0.29) is 12.1 Å². The molecule has 0 saturated carbocycles. The number of urea groups is 1. The second-order valence-corrected chi connectivity index (χ2v) is 6.74. The molecule has 0 aliphatic carbocycles.